The molecule has 5 unspecified atom stereocenters. The zero-order chi connectivity index (χ0) is 19.6. The van der Waals surface area contributed by atoms with Gasteiger partial charge in [0.1, 0.15) is 18.3 Å². The van der Waals surface area contributed by atoms with E-state index in [2.05, 4.69) is 6.58 Å². The van der Waals surface area contributed by atoms with Crippen LogP contribution in [0.1, 0.15) is 34.1 Å². The molecule has 142 valence electrons. The third-order valence-electron chi connectivity index (χ3n) is 4.65. The molecule has 1 aliphatic heterocycles. The minimum absolute atomic E-state index is 0.123. The van der Waals surface area contributed by atoms with E-state index in [-0.39, 0.29) is 5.57 Å². The van der Waals surface area contributed by atoms with E-state index < -0.39 is 42.3 Å². The number of rotatable bonds is 2. The summed E-state index contributed by atoms with van der Waals surface area (Å²) in [6.07, 6.45) is 1.27. The minimum atomic E-state index is -1.20. The highest BCUT2D eigenvalue weighted by Gasteiger charge is 2.46. The predicted molar refractivity (Wildman–Crippen MR) is 96.0 cm³/mol. The van der Waals surface area contributed by atoms with Gasteiger partial charge in [0.05, 0.1) is 12.0 Å². The minimum Gasteiger partial charge on any atom is -0.454 e. The zero-order valence-electron chi connectivity index (χ0n) is 15.6. The molecule has 6 heteroatoms. The maximum Gasteiger partial charge on any atom is 0.334 e. The molecule has 2 rings (SSSR count). The van der Waals surface area contributed by atoms with Crippen molar-refractivity contribution in [3.8, 4) is 0 Å². The average molecular weight is 362 g/mol. The van der Waals surface area contributed by atoms with Gasteiger partial charge in [0, 0.05) is 11.6 Å². The van der Waals surface area contributed by atoms with E-state index in [9.17, 15) is 19.8 Å². The summed E-state index contributed by atoms with van der Waals surface area (Å²) < 4.78 is 10.8. The average Bonchev–Trinajstić information content (AvgIpc) is 2.82. The van der Waals surface area contributed by atoms with E-state index in [4.69, 9.17) is 9.47 Å². The lowest BCUT2D eigenvalue weighted by Gasteiger charge is -2.30. The van der Waals surface area contributed by atoms with E-state index in [1.54, 1.807) is 39.8 Å². The molecule has 6 nitrogen and oxygen atoms in total. The highest BCUT2D eigenvalue weighted by atomic mass is 16.6. The Morgan fingerprint density at radius 3 is 2.58 bits per heavy atom. The third-order valence-corrected chi connectivity index (χ3v) is 4.65. The Labute approximate surface area is 153 Å². The topological polar surface area (TPSA) is 93.1 Å². The number of hydrogen-bond donors (Lipinski definition) is 2. The van der Waals surface area contributed by atoms with Gasteiger partial charge in [0.15, 0.2) is 0 Å². The van der Waals surface area contributed by atoms with Crippen LogP contribution in [0, 0.1) is 5.92 Å². The molecule has 0 bridgehead atoms. The fourth-order valence-corrected chi connectivity index (χ4v) is 3.13. The van der Waals surface area contributed by atoms with Gasteiger partial charge in [-0.1, -0.05) is 18.2 Å². The van der Waals surface area contributed by atoms with Gasteiger partial charge in [-0.25, -0.2) is 9.59 Å². The molecule has 0 amide bonds. The largest absolute Gasteiger partial charge is 0.454 e. The second kappa shape index (κ2) is 8.01. The molecule has 0 aromatic heterocycles. The van der Waals surface area contributed by atoms with Crippen LogP contribution < -0.4 is 0 Å². The van der Waals surface area contributed by atoms with Crippen molar-refractivity contribution in [1.29, 1.82) is 0 Å². The van der Waals surface area contributed by atoms with E-state index in [1.807, 2.05) is 0 Å². The summed E-state index contributed by atoms with van der Waals surface area (Å²) in [5, 5.41) is 21.2. The van der Waals surface area contributed by atoms with Crippen LogP contribution in [-0.4, -0.2) is 46.6 Å². The molecule has 0 spiro atoms. The highest BCUT2D eigenvalue weighted by molar-refractivity contribution is 5.91. The van der Waals surface area contributed by atoms with Gasteiger partial charge in [0.25, 0.3) is 0 Å². The second-order valence-corrected chi connectivity index (χ2v) is 7.10. The van der Waals surface area contributed by atoms with Gasteiger partial charge in [-0.3, -0.25) is 0 Å². The van der Waals surface area contributed by atoms with Crippen LogP contribution in [0.25, 0.3) is 0 Å². The Morgan fingerprint density at radius 1 is 1.31 bits per heavy atom. The van der Waals surface area contributed by atoms with Gasteiger partial charge < -0.3 is 19.7 Å². The van der Waals surface area contributed by atoms with Crippen LogP contribution in [0.5, 0.6) is 0 Å². The first kappa shape index (κ1) is 20.1. The second-order valence-electron chi connectivity index (χ2n) is 7.10. The Morgan fingerprint density at radius 2 is 1.96 bits per heavy atom. The summed E-state index contributed by atoms with van der Waals surface area (Å²) in [5.41, 5.74) is 2.12. The van der Waals surface area contributed by atoms with Crippen molar-refractivity contribution in [2.75, 3.05) is 0 Å². The molecule has 5 atom stereocenters. The number of carbonyl (C=O) groups is 2. The summed E-state index contributed by atoms with van der Waals surface area (Å²) in [5.74, 6) is -1.96. The number of allylic oxidation sites excluding steroid dienone is 1. The molecule has 2 N–H and O–H groups in total. The highest BCUT2D eigenvalue weighted by Crippen LogP contribution is 2.35. The standard InChI is InChI=1S/C20H26O6/c1-10(2)8-16(22)26-19-11(3)6-7-14(21)12(4)9-15-17(18(19)23)13(5)20(24)25-15/h6,8-9,14-15,17-19,21,23H,5,7H2,1-4H3. The molecule has 0 radical (unpaired) electrons. The smallest absolute Gasteiger partial charge is 0.334 e. The third kappa shape index (κ3) is 4.31. The van der Waals surface area contributed by atoms with Crippen LogP contribution in [0.3, 0.4) is 0 Å². The summed E-state index contributed by atoms with van der Waals surface area (Å²) in [6.45, 7) is 10.7. The van der Waals surface area contributed by atoms with Crippen LogP contribution in [0.4, 0.5) is 0 Å². The fourth-order valence-electron chi connectivity index (χ4n) is 3.13. The number of aliphatic hydroxyl groups is 2. The van der Waals surface area contributed by atoms with Gasteiger partial charge in [-0.2, -0.15) is 0 Å². The monoisotopic (exact) mass is 362 g/mol. The first-order valence-electron chi connectivity index (χ1n) is 8.58. The van der Waals surface area contributed by atoms with Crippen molar-refractivity contribution in [3.05, 3.63) is 47.1 Å². The number of ether oxygens (including phenoxy) is 2. The van der Waals surface area contributed by atoms with Crippen molar-refractivity contribution in [3.63, 3.8) is 0 Å². The molecule has 1 saturated heterocycles. The van der Waals surface area contributed by atoms with Crippen LogP contribution in [0.2, 0.25) is 0 Å². The fraction of sp³-hybridized carbons (Fsp3) is 0.500. The van der Waals surface area contributed by atoms with Crippen LogP contribution in [-0.2, 0) is 19.1 Å². The SMILES string of the molecule is C=C1C(=O)OC2C=C(C)C(O)CC=C(C)C(OC(=O)C=C(C)C)C(O)C12. The van der Waals surface area contributed by atoms with Gasteiger partial charge >= 0.3 is 11.9 Å². The summed E-state index contributed by atoms with van der Waals surface area (Å²) >= 11 is 0. The summed E-state index contributed by atoms with van der Waals surface area (Å²) in [4.78, 5) is 24.1. The van der Waals surface area contributed by atoms with E-state index in [0.717, 1.165) is 5.57 Å². The molecule has 1 aliphatic carbocycles. The summed E-state index contributed by atoms with van der Waals surface area (Å²) in [7, 11) is 0. The lowest BCUT2D eigenvalue weighted by Crippen LogP contribution is -2.41. The van der Waals surface area contributed by atoms with Gasteiger partial charge in [0.2, 0.25) is 0 Å². The summed E-state index contributed by atoms with van der Waals surface area (Å²) in [6, 6.07) is 0. The van der Waals surface area contributed by atoms with Crippen LogP contribution in [0.15, 0.2) is 47.1 Å². The van der Waals surface area contributed by atoms with Crippen molar-refractivity contribution in [1.82, 2.24) is 0 Å². The first-order valence-corrected chi connectivity index (χ1v) is 8.58. The molecular formula is C20H26O6. The maximum absolute atomic E-state index is 12.1. The molecule has 1 fully saturated rings. The van der Waals surface area contributed by atoms with Crippen molar-refractivity contribution in [2.45, 2.75) is 58.5 Å². The van der Waals surface area contributed by atoms with Crippen LogP contribution >= 0.6 is 0 Å². The number of hydrogen-bond acceptors (Lipinski definition) is 6. The first-order chi connectivity index (χ1) is 12.1. The number of carbonyl (C=O) groups excluding carboxylic acids is 2. The van der Waals surface area contributed by atoms with E-state index in [1.165, 1.54) is 6.08 Å². The van der Waals surface area contributed by atoms with Crippen molar-refractivity contribution in [2.24, 2.45) is 5.92 Å². The van der Waals surface area contributed by atoms with E-state index >= 15 is 0 Å². The molecule has 26 heavy (non-hydrogen) atoms. The molecule has 0 aromatic carbocycles. The number of fused-ring (bicyclic) bond motifs is 1. The van der Waals surface area contributed by atoms with E-state index in [0.29, 0.717) is 17.6 Å². The Bertz CT molecular complexity index is 695. The maximum atomic E-state index is 12.1. The normalized spacial score (nSPS) is 32.0. The quantitative estimate of drug-likeness (QED) is 0.443. The lowest BCUT2D eigenvalue weighted by molar-refractivity contribution is -0.149. The molecular weight excluding hydrogens is 336 g/mol. The zero-order valence-corrected chi connectivity index (χ0v) is 15.6. The van der Waals surface area contributed by atoms with Gasteiger partial charge in [-0.05, 0) is 51.3 Å². The Balaban J connectivity index is 2.44. The molecule has 0 aromatic rings. The van der Waals surface area contributed by atoms with Gasteiger partial charge in [-0.15, -0.1) is 0 Å². The number of esters is 2. The van der Waals surface area contributed by atoms with Crippen molar-refractivity contribution >= 4 is 11.9 Å². The number of aliphatic hydroxyl groups excluding tert-OH is 2. The molecule has 1 heterocycles. The lowest BCUT2D eigenvalue weighted by atomic mass is 9.83. The van der Waals surface area contributed by atoms with Crippen molar-refractivity contribution < 1.29 is 29.3 Å². The Hall–Kier alpha value is -2.18. The predicted octanol–water partition coefficient (Wildman–Crippen LogP) is 1.98. The molecule has 0 saturated carbocycles. The Kier molecular flexibility index (Phi) is 6.21. The molecule has 2 aliphatic rings.